The van der Waals surface area contributed by atoms with Crippen molar-refractivity contribution >= 4 is 6.16 Å². The van der Waals surface area contributed by atoms with Crippen LogP contribution in [0.5, 0.6) is 0 Å². The second-order valence-electron chi connectivity index (χ2n) is 3.70. The van der Waals surface area contributed by atoms with E-state index in [1.54, 1.807) is 0 Å². The van der Waals surface area contributed by atoms with E-state index >= 15 is 0 Å². The molecule has 0 saturated carbocycles. The van der Waals surface area contributed by atoms with Crippen LogP contribution in [0, 0.1) is 0 Å². The molecule has 0 aromatic rings. The molecule has 13 heavy (non-hydrogen) atoms. The van der Waals surface area contributed by atoms with Crippen LogP contribution in [0.1, 0.15) is 39.0 Å². The van der Waals surface area contributed by atoms with Gasteiger partial charge in [0.25, 0.3) is 0 Å². The fourth-order valence-corrected chi connectivity index (χ4v) is 1.92. The molecule has 1 aliphatic heterocycles. The van der Waals surface area contributed by atoms with E-state index in [2.05, 4.69) is 0 Å². The molecule has 0 spiro atoms. The zero-order chi connectivity index (χ0) is 9.26. The van der Waals surface area contributed by atoms with Crippen LogP contribution in [0.2, 0.25) is 0 Å². The van der Waals surface area contributed by atoms with E-state index in [0.29, 0.717) is 0 Å². The van der Waals surface area contributed by atoms with Crippen LogP contribution in [0.25, 0.3) is 0 Å². The van der Waals surface area contributed by atoms with Gasteiger partial charge in [-0.05, 0) is 38.2 Å². The van der Waals surface area contributed by atoms with E-state index < -0.39 is 6.16 Å². The standard InChI is InChI=1S/C10H14O3/c1-7-5-3-2-4-6-8-9(7)13-10(11)12-8/h8H,2-6H2,1H3/b9-7+. The molecular formula is C10H14O3. The van der Waals surface area contributed by atoms with Crippen LogP contribution in [-0.4, -0.2) is 12.3 Å². The molecule has 1 heterocycles. The summed E-state index contributed by atoms with van der Waals surface area (Å²) in [5, 5.41) is 0. The van der Waals surface area contributed by atoms with Gasteiger partial charge in [-0.2, -0.15) is 0 Å². The molecule has 1 fully saturated rings. The fourth-order valence-electron chi connectivity index (χ4n) is 1.92. The van der Waals surface area contributed by atoms with Gasteiger partial charge in [0.2, 0.25) is 0 Å². The van der Waals surface area contributed by atoms with Crippen molar-refractivity contribution in [3.63, 3.8) is 0 Å². The highest BCUT2D eigenvalue weighted by Crippen LogP contribution is 2.30. The summed E-state index contributed by atoms with van der Waals surface area (Å²) < 4.78 is 10.1. The minimum absolute atomic E-state index is 0.0900. The monoisotopic (exact) mass is 182 g/mol. The van der Waals surface area contributed by atoms with Gasteiger partial charge in [-0.25, -0.2) is 4.79 Å². The van der Waals surface area contributed by atoms with Gasteiger partial charge in [-0.3, -0.25) is 0 Å². The summed E-state index contributed by atoms with van der Waals surface area (Å²) in [4.78, 5) is 10.9. The molecule has 0 aromatic heterocycles. The molecule has 1 atom stereocenters. The van der Waals surface area contributed by atoms with Crippen molar-refractivity contribution in [2.24, 2.45) is 0 Å². The Morgan fingerprint density at radius 3 is 3.00 bits per heavy atom. The Bertz CT molecular complexity index is 255. The minimum Gasteiger partial charge on any atom is -0.422 e. The average molecular weight is 182 g/mol. The highest BCUT2D eigenvalue weighted by Gasteiger charge is 2.33. The van der Waals surface area contributed by atoms with Gasteiger partial charge in [0.1, 0.15) is 0 Å². The average Bonchev–Trinajstić information content (AvgIpc) is 2.43. The molecule has 0 radical (unpaired) electrons. The quantitative estimate of drug-likeness (QED) is 0.540. The van der Waals surface area contributed by atoms with Crippen LogP contribution in [-0.2, 0) is 9.47 Å². The Balaban J connectivity index is 2.22. The number of rotatable bonds is 0. The van der Waals surface area contributed by atoms with Crippen molar-refractivity contribution in [2.75, 3.05) is 0 Å². The number of ether oxygens (including phenoxy) is 2. The molecule has 1 saturated heterocycles. The normalized spacial score (nSPS) is 34.2. The number of hydrogen-bond acceptors (Lipinski definition) is 3. The lowest BCUT2D eigenvalue weighted by Crippen LogP contribution is -2.11. The smallest absolute Gasteiger partial charge is 0.422 e. The molecule has 3 nitrogen and oxygen atoms in total. The Hall–Kier alpha value is -0.990. The summed E-state index contributed by atoms with van der Waals surface area (Å²) in [7, 11) is 0. The van der Waals surface area contributed by atoms with Crippen molar-refractivity contribution in [3.05, 3.63) is 11.3 Å². The summed E-state index contributed by atoms with van der Waals surface area (Å²) in [6, 6.07) is 0. The molecule has 2 rings (SSSR count). The van der Waals surface area contributed by atoms with E-state index in [9.17, 15) is 4.79 Å². The van der Waals surface area contributed by atoms with Gasteiger partial charge in [0, 0.05) is 0 Å². The lowest BCUT2D eigenvalue weighted by atomic mass is 9.98. The fraction of sp³-hybridized carbons (Fsp3) is 0.700. The number of allylic oxidation sites excluding steroid dienone is 1. The summed E-state index contributed by atoms with van der Waals surface area (Å²) in [5.74, 6) is 0.782. The first-order chi connectivity index (χ1) is 6.27. The number of fused-ring (bicyclic) bond motifs is 1. The summed E-state index contributed by atoms with van der Waals surface area (Å²) >= 11 is 0. The molecule has 0 amide bonds. The van der Waals surface area contributed by atoms with E-state index in [1.165, 1.54) is 18.4 Å². The molecule has 1 aliphatic carbocycles. The van der Waals surface area contributed by atoms with Crippen molar-refractivity contribution in [3.8, 4) is 0 Å². The van der Waals surface area contributed by atoms with Crippen LogP contribution in [0.3, 0.4) is 0 Å². The van der Waals surface area contributed by atoms with E-state index in [1.807, 2.05) is 6.92 Å². The van der Waals surface area contributed by atoms with Crippen molar-refractivity contribution in [1.82, 2.24) is 0 Å². The lowest BCUT2D eigenvalue weighted by Gasteiger charge is -2.14. The van der Waals surface area contributed by atoms with Gasteiger partial charge in [-0.15, -0.1) is 0 Å². The van der Waals surface area contributed by atoms with Crippen LogP contribution in [0.4, 0.5) is 4.79 Å². The van der Waals surface area contributed by atoms with Crippen LogP contribution in [0.15, 0.2) is 11.3 Å². The minimum atomic E-state index is -0.527. The molecule has 0 aromatic carbocycles. The summed E-state index contributed by atoms with van der Waals surface area (Å²) in [6.07, 6.45) is 4.87. The Morgan fingerprint density at radius 2 is 2.15 bits per heavy atom. The second kappa shape index (κ2) is 3.40. The van der Waals surface area contributed by atoms with Crippen molar-refractivity contribution in [2.45, 2.75) is 45.1 Å². The topological polar surface area (TPSA) is 35.5 Å². The summed E-state index contributed by atoms with van der Waals surface area (Å²) in [6.45, 7) is 2.02. The van der Waals surface area contributed by atoms with Gasteiger partial charge in [0.05, 0.1) is 0 Å². The van der Waals surface area contributed by atoms with Gasteiger partial charge >= 0.3 is 6.16 Å². The Labute approximate surface area is 77.7 Å². The molecule has 0 N–H and O–H groups in total. The molecule has 72 valence electrons. The second-order valence-corrected chi connectivity index (χ2v) is 3.70. The highest BCUT2D eigenvalue weighted by atomic mass is 16.8. The zero-order valence-electron chi connectivity index (χ0n) is 7.84. The molecule has 1 unspecified atom stereocenters. The Kier molecular flexibility index (Phi) is 2.25. The van der Waals surface area contributed by atoms with Gasteiger partial charge in [0.15, 0.2) is 11.9 Å². The lowest BCUT2D eigenvalue weighted by molar-refractivity contribution is 0.115. The highest BCUT2D eigenvalue weighted by molar-refractivity contribution is 5.65. The maximum Gasteiger partial charge on any atom is 0.514 e. The summed E-state index contributed by atoms with van der Waals surface area (Å²) in [5.41, 5.74) is 1.18. The first-order valence-electron chi connectivity index (χ1n) is 4.85. The molecule has 3 heteroatoms. The predicted octanol–water partition coefficient (Wildman–Crippen LogP) is 2.76. The number of carbonyl (C=O) groups is 1. The van der Waals surface area contributed by atoms with Gasteiger partial charge < -0.3 is 9.47 Å². The molecule has 0 bridgehead atoms. The van der Waals surface area contributed by atoms with E-state index in [4.69, 9.17) is 9.47 Å². The molecular weight excluding hydrogens is 168 g/mol. The molecule has 2 aliphatic rings. The zero-order valence-corrected chi connectivity index (χ0v) is 7.84. The van der Waals surface area contributed by atoms with E-state index in [0.717, 1.165) is 25.0 Å². The largest absolute Gasteiger partial charge is 0.514 e. The van der Waals surface area contributed by atoms with Crippen LogP contribution >= 0.6 is 0 Å². The van der Waals surface area contributed by atoms with Crippen LogP contribution < -0.4 is 0 Å². The third kappa shape index (κ3) is 1.69. The number of carbonyl (C=O) groups excluding carboxylic acids is 1. The third-order valence-electron chi connectivity index (χ3n) is 2.66. The maximum absolute atomic E-state index is 10.9. The first-order valence-corrected chi connectivity index (χ1v) is 4.85. The van der Waals surface area contributed by atoms with E-state index in [-0.39, 0.29) is 6.10 Å². The maximum atomic E-state index is 10.9. The van der Waals surface area contributed by atoms with Crippen molar-refractivity contribution in [1.29, 1.82) is 0 Å². The SMILES string of the molecule is C/C1=C2\OC(=O)OC2CCCCC1. The number of hydrogen-bond donors (Lipinski definition) is 0. The van der Waals surface area contributed by atoms with Gasteiger partial charge in [-0.1, -0.05) is 6.42 Å². The Morgan fingerprint density at radius 1 is 1.31 bits per heavy atom. The third-order valence-corrected chi connectivity index (χ3v) is 2.66. The first kappa shape index (κ1) is 8.60. The van der Waals surface area contributed by atoms with Crippen molar-refractivity contribution < 1.29 is 14.3 Å². The predicted molar refractivity (Wildman–Crippen MR) is 47.1 cm³/mol.